The molecular weight excluding hydrogens is 1020 g/mol. The molecule has 0 radical (unpaired) electrons. The average molecular weight is 1080 g/mol. The second-order valence-corrected chi connectivity index (χ2v) is 18.9. The first-order chi connectivity index (χ1) is 39.7. The molecule has 0 aliphatic carbocycles. The van der Waals surface area contributed by atoms with E-state index in [-0.39, 0.29) is 0 Å². The van der Waals surface area contributed by atoms with Crippen molar-refractivity contribution in [1.82, 2.24) is 19.9 Å². The molecule has 414 valence electrons. The van der Waals surface area contributed by atoms with Gasteiger partial charge in [0.2, 0.25) is 0 Å². The molecule has 0 unspecified atom stereocenters. The van der Waals surface area contributed by atoms with E-state index in [0.717, 1.165) is 89.4 Å². The Balaban J connectivity index is 1.08. The molecular formula is C64H66N4O12. The van der Waals surface area contributed by atoms with Crippen molar-refractivity contribution in [2.24, 2.45) is 0 Å². The summed E-state index contributed by atoms with van der Waals surface area (Å²) in [6.07, 6.45) is 8.34. The van der Waals surface area contributed by atoms with Crippen molar-refractivity contribution < 1.29 is 56.8 Å². The zero-order chi connectivity index (χ0) is 54.0. The van der Waals surface area contributed by atoms with Crippen LogP contribution in [0, 0.1) is 0 Å². The molecule has 7 aromatic rings. The fraction of sp³-hybridized carbons (Fsp3) is 0.312. The number of aromatic amines is 2. The molecule has 0 saturated carbocycles. The normalized spacial score (nSPS) is 16.9. The number of hydrogen-bond donors (Lipinski definition) is 2. The lowest BCUT2D eigenvalue weighted by Gasteiger charge is -2.16. The van der Waals surface area contributed by atoms with Gasteiger partial charge >= 0.3 is 0 Å². The third-order valence-corrected chi connectivity index (χ3v) is 13.5. The van der Waals surface area contributed by atoms with Crippen LogP contribution in [0.25, 0.3) is 90.9 Å². The van der Waals surface area contributed by atoms with Gasteiger partial charge in [-0.1, -0.05) is 72.8 Å². The van der Waals surface area contributed by atoms with Crippen LogP contribution in [-0.4, -0.2) is 152 Å². The second-order valence-electron chi connectivity index (χ2n) is 18.9. The van der Waals surface area contributed by atoms with Crippen molar-refractivity contribution in [3.63, 3.8) is 0 Å². The zero-order valence-electron chi connectivity index (χ0n) is 44.8. The molecule has 0 saturated heterocycles. The number of hydrogen-bond acceptors (Lipinski definition) is 14. The lowest BCUT2D eigenvalue weighted by atomic mass is 10.0. The van der Waals surface area contributed by atoms with Crippen LogP contribution >= 0.6 is 0 Å². The van der Waals surface area contributed by atoms with Gasteiger partial charge in [0.25, 0.3) is 0 Å². The molecule has 16 heteroatoms. The largest absolute Gasteiger partial charge is 0.487 e. The molecule has 0 atom stereocenters. The number of fused-ring (bicyclic) bond motifs is 10. The van der Waals surface area contributed by atoms with Crippen LogP contribution in [0.15, 0.2) is 121 Å². The molecule has 7 heterocycles. The smallest absolute Gasteiger partial charge is 0.161 e. The average Bonchev–Trinajstić information content (AvgIpc) is 4.41. The maximum atomic E-state index is 6.48. The highest BCUT2D eigenvalue weighted by Crippen LogP contribution is 2.42. The topological polar surface area (TPSA) is 168 Å². The van der Waals surface area contributed by atoms with Crippen molar-refractivity contribution >= 4 is 46.4 Å². The van der Waals surface area contributed by atoms with E-state index in [4.69, 9.17) is 66.8 Å². The highest BCUT2D eigenvalue weighted by molar-refractivity contribution is 6.00. The van der Waals surface area contributed by atoms with Crippen molar-refractivity contribution in [1.29, 1.82) is 0 Å². The molecule has 2 N–H and O–H groups in total. The number of H-pyrrole nitrogens is 2. The first-order valence-corrected chi connectivity index (χ1v) is 27.4. The van der Waals surface area contributed by atoms with Crippen molar-refractivity contribution in [3.05, 3.63) is 144 Å². The lowest BCUT2D eigenvalue weighted by molar-refractivity contribution is -0.00841. The number of nitrogens with zero attached hydrogens (tertiary/aromatic N) is 2. The summed E-state index contributed by atoms with van der Waals surface area (Å²) in [6.45, 7) is 8.32. The molecule has 4 aliphatic rings. The molecule has 3 aromatic heterocycles. The summed E-state index contributed by atoms with van der Waals surface area (Å²) in [5.74, 6) is 2.31. The molecule has 16 nitrogen and oxygen atoms in total. The first-order valence-electron chi connectivity index (χ1n) is 27.4. The van der Waals surface area contributed by atoms with E-state index in [2.05, 4.69) is 94.9 Å². The van der Waals surface area contributed by atoms with E-state index in [1.54, 1.807) is 0 Å². The molecule has 0 amide bonds. The van der Waals surface area contributed by atoms with Gasteiger partial charge in [-0.15, -0.1) is 0 Å². The standard InChI is InChI=1S/C64H66N4O12/c1-3-7-45(8-4-1)61-49-13-17-53(65-49)63(47-11-21-57-59(43-47)79-41-37-75-33-29-71-25-23-69-27-31-73-35-39-77-57)55-19-15-51(67-55)62(46-9-5-2-6-10-46)52-16-20-56(68-52)64(54-18-14-50(61)66-54)48-12-22-58-60(44-48)80-42-38-76-34-30-72-26-24-70-28-32-74-36-40-78-58/h1-22,43-44,65,68H,23-42H2. The Morgan fingerprint density at radius 2 is 0.512 bits per heavy atom. The third-order valence-electron chi connectivity index (χ3n) is 13.5. The van der Waals surface area contributed by atoms with Crippen molar-refractivity contribution in [3.8, 4) is 67.5 Å². The highest BCUT2D eigenvalue weighted by Gasteiger charge is 2.21. The Bertz CT molecular complexity index is 3170. The van der Waals surface area contributed by atoms with E-state index < -0.39 is 0 Å². The van der Waals surface area contributed by atoms with Crippen LogP contribution in [-0.2, 0) is 37.9 Å². The van der Waals surface area contributed by atoms with Gasteiger partial charge in [0.1, 0.15) is 26.4 Å². The minimum absolute atomic E-state index is 0.296. The minimum atomic E-state index is 0.296. The number of benzene rings is 4. The summed E-state index contributed by atoms with van der Waals surface area (Å²) in [5.41, 5.74) is 13.8. The van der Waals surface area contributed by atoms with Gasteiger partial charge in [-0.3, -0.25) is 0 Å². The minimum Gasteiger partial charge on any atom is -0.487 e. The zero-order valence-corrected chi connectivity index (χ0v) is 44.8. The predicted molar refractivity (Wildman–Crippen MR) is 309 cm³/mol. The van der Waals surface area contributed by atoms with Gasteiger partial charge in [-0.2, -0.15) is 0 Å². The van der Waals surface area contributed by atoms with Crippen molar-refractivity contribution in [2.75, 3.05) is 132 Å². The highest BCUT2D eigenvalue weighted by atomic mass is 16.6. The summed E-state index contributed by atoms with van der Waals surface area (Å²) >= 11 is 0. The van der Waals surface area contributed by atoms with Gasteiger partial charge in [0, 0.05) is 44.3 Å². The van der Waals surface area contributed by atoms with Gasteiger partial charge in [0.05, 0.1) is 128 Å². The molecule has 11 rings (SSSR count). The third kappa shape index (κ3) is 13.8. The van der Waals surface area contributed by atoms with Gasteiger partial charge in [-0.25, -0.2) is 9.97 Å². The summed E-state index contributed by atoms with van der Waals surface area (Å²) in [4.78, 5) is 18.8. The second kappa shape index (κ2) is 28.0. The maximum Gasteiger partial charge on any atom is 0.161 e. The van der Waals surface area contributed by atoms with E-state index in [1.807, 2.05) is 60.7 Å². The van der Waals surface area contributed by atoms with Gasteiger partial charge in [-0.05, 0) is 95.1 Å². The number of ether oxygens (including phenoxy) is 12. The SMILES string of the molecule is C1=Cc2nc1c(-c1ccccc1)c1ccc([nH]1)c(-c1ccc3c(c1)OCCOCCOCCOCCOCCO3)c1nc(c(-c3ccccc3)c3ccc([nH]3)c2-c2ccc3c(c2)OCCOCCOCCOCCOCCO3)C=C1. The van der Waals surface area contributed by atoms with E-state index in [1.165, 1.54) is 0 Å². The Morgan fingerprint density at radius 1 is 0.250 bits per heavy atom. The summed E-state index contributed by atoms with van der Waals surface area (Å²) < 4.78 is 71.6. The van der Waals surface area contributed by atoms with E-state index in [0.29, 0.717) is 155 Å². The first kappa shape index (κ1) is 54.3. The fourth-order valence-electron chi connectivity index (χ4n) is 9.79. The van der Waals surface area contributed by atoms with Crippen molar-refractivity contribution in [2.45, 2.75) is 0 Å². The van der Waals surface area contributed by atoms with Crippen LogP contribution in [0.2, 0.25) is 0 Å². The van der Waals surface area contributed by atoms with E-state index >= 15 is 0 Å². The summed E-state index contributed by atoms with van der Waals surface area (Å²) in [5, 5.41) is 0. The number of rotatable bonds is 4. The van der Waals surface area contributed by atoms with Crippen LogP contribution in [0.1, 0.15) is 22.8 Å². The van der Waals surface area contributed by atoms with Gasteiger partial charge < -0.3 is 66.8 Å². The molecule has 4 aliphatic heterocycles. The monoisotopic (exact) mass is 1080 g/mol. The molecule has 4 aromatic carbocycles. The van der Waals surface area contributed by atoms with Crippen LogP contribution in [0.5, 0.6) is 23.0 Å². The Labute approximate surface area is 465 Å². The Kier molecular flexibility index (Phi) is 19.0. The maximum absolute atomic E-state index is 6.48. The van der Waals surface area contributed by atoms with Crippen LogP contribution < -0.4 is 18.9 Å². The fourth-order valence-corrected chi connectivity index (χ4v) is 9.79. The molecule has 80 heavy (non-hydrogen) atoms. The molecule has 0 spiro atoms. The molecule has 8 bridgehead atoms. The lowest BCUT2D eigenvalue weighted by Crippen LogP contribution is -2.16. The Hall–Kier alpha value is -7.64. The Morgan fingerprint density at radius 3 is 0.812 bits per heavy atom. The van der Waals surface area contributed by atoms with Gasteiger partial charge in [0.15, 0.2) is 23.0 Å². The molecule has 0 fully saturated rings. The number of nitrogens with one attached hydrogen (secondary N) is 2. The van der Waals surface area contributed by atoms with Crippen LogP contribution in [0.3, 0.4) is 0 Å². The predicted octanol–water partition coefficient (Wildman–Crippen LogP) is 11.0. The quantitative estimate of drug-likeness (QED) is 0.171. The van der Waals surface area contributed by atoms with E-state index in [9.17, 15) is 0 Å². The van der Waals surface area contributed by atoms with Crippen LogP contribution in [0.4, 0.5) is 0 Å². The summed E-state index contributed by atoms with van der Waals surface area (Å²) in [6, 6.07) is 41.2. The summed E-state index contributed by atoms with van der Waals surface area (Å²) in [7, 11) is 0. The number of aromatic nitrogens is 4.